The summed E-state index contributed by atoms with van der Waals surface area (Å²) in [5.74, 6) is 1.73. The van der Waals surface area contributed by atoms with E-state index in [4.69, 9.17) is 0 Å². The van der Waals surface area contributed by atoms with Gasteiger partial charge in [0, 0.05) is 17.3 Å². The van der Waals surface area contributed by atoms with Crippen LogP contribution in [0.15, 0.2) is 34.9 Å². The van der Waals surface area contributed by atoms with Gasteiger partial charge in [0.1, 0.15) is 5.78 Å². The van der Waals surface area contributed by atoms with Crippen molar-refractivity contribution in [1.82, 2.24) is 0 Å². The highest BCUT2D eigenvalue weighted by molar-refractivity contribution is 5.86. The number of hydrogen-bond acceptors (Lipinski definition) is 3. The minimum atomic E-state index is -0.335. The monoisotopic (exact) mass is 454 g/mol. The standard InChI is InChI=1S/C30H46O3/c1-19(18-31)9-8-10-20(2)23-17-26(33)30(7)22-11-12-24-27(3,4)25(32)14-15-28(24,5)21(22)13-16-29(23,30)6/h9,11,13,20,23-24,26,31,33H,8,10,12,14-18H2,1-7H3/b19-9-/t20-,23-,24?,26+,28-,29-,30-/m1/s1. The third kappa shape index (κ3) is 3.39. The smallest absolute Gasteiger partial charge is 0.138 e. The maximum Gasteiger partial charge on any atom is 0.138 e. The number of fused-ring (bicyclic) bond motifs is 5. The number of carbonyl (C=O) groups is 1. The lowest BCUT2D eigenvalue weighted by atomic mass is 9.44. The van der Waals surface area contributed by atoms with Crippen molar-refractivity contribution >= 4 is 5.78 Å². The van der Waals surface area contributed by atoms with Crippen LogP contribution in [0.25, 0.3) is 0 Å². The summed E-state index contributed by atoms with van der Waals surface area (Å²) in [6.45, 7) is 15.9. The van der Waals surface area contributed by atoms with Crippen LogP contribution < -0.4 is 0 Å². The second-order valence-electron chi connectivity index (χ2n) is 13.0. The van der Waals surface area contributed by atoms with Crippen molar-refractivity contribution in [1.29, 1.82) is 0 Å². The highest BCUT2D eigenvalue weighted by Gasteiger charge is 2.66. The molecule has 1 unspecified atom stereocenters. The molecular formula is C30H46O3. The third-order valence-electron chi connectivity index (χ3n) is 11.2. The Morgan fingerprint density at radius 3 is 2.55 bits per heavy atom. The third-order valence-corrected chi connectivity index (χ3v) is 11.2. The van der Waals surface area contributed by atoms with Crippen LogP contribution in [0.1, 0.15) is 93.4 Å². The number of Topliss-reactive ketones (excluding diaryl/α,β-unsaturated/α-hetero) is 1. The lowest BCUT2D eigenvalue weighted by Crippen LogP contribution is -2.54. The normalized spacial score (nSPS) is 43.2. The average molecular weight is 455 g/mol. The van der Waals surface area contributed by atoms with E-state index in [-0.39, 0.29) is 34.4 Å². The average Bonchev–Trinajstić information content (AvgIpc) is 2.98. The van der Waals surface area contributed by atoms with Gasteiger partial charge in [-0.3, -0.25) is 4.79 Å². The highest BCUT2D eigenvalue weighted by atomic mass is 16.3. The number of allylic oxidation sites excluding steroid dienone is 4. The Morgan fingerprint density at radius 1 is 1.18 bits per heavy atom. The molecule has 2 fully saturated rings. The largest absolute Gasteiger partial charge is 0.392 e. The molecule has 0 radical (unpaired) electrons. The van der Waals surface area contributed by atoms with Crippen LogP contribution in [0.4, 0.5) is 0 Å². The summed E-state index contributed by atoms with van der Waals surface area (Å²) in [6, 6.07) is 0. The van der Waals surface area contributed by atoms with Crippen molar-refractivity contribution in [2.75, 3.05) is 6.61 Å². The summed E-state index contributed by atoms with van der Waals surface area (Å²) >= 11 is 0. The Labute approximate surface area is 201 Å². The number of carbonyl (C=O) groups excluding carboxylic acids is 1. The Balaban J connectivity index is 1.68. The van der Waals surface area contributed by atoms with Crippen LogP contribution in [0.3, 0.4) is 0 Å². The van der Waals surface area contributed by atoms with Crippen molar-refractivity contribution in [3.8, 4) is 0 Å². The topological polar surface area (TPSA) is 57.5 Å². The molecule has 7 atom stereocenters. The first-order chi connectivity index (χ1) is 15.3. The summed E-state index contributed by atoms with van der Waals surface area (Å²) in [7, 11) is 0. The predicted octanol–water partition coefficient (Wildman–Crippen LogP) is 6.41. The molecule has 33 heavy (non-hydrogen) atoms. The quantitative estimate of drug-likeness (QED) is 0.472. The molecule has 2 N–H and O–H groups in total. The van der Waals surface area contributed by atoms with E-state index in [1.54, 1.807) is 0 Å². The molecule has 3 heteroatoms. The summed E-state index contributed by atoms with van der Waals surface area (Å²) in [5, 5.41) is 20.9. The van der Waals surface area contributed by atoms with Crippen molar-refractivity contribution < 1.29 is 15.0 Å². The maximum absolute atomic E-state index is 12.8. The molecule has 0 aromatic carbocycles. The van der Waals surface area contributed by atoms with E-state index >= 15 is 0 Å². The molecule has 0 amide bonds. The minimum absolute atomic E-state index is 0.0157. The number of rotatable bonds is 5. The SMILES string of the molecule is C/C(=C/CC[C@@H](C)[C@H]1C[C@H](O)[C@@]2(C)C3=CCC4C(C)(C)C(=O)CC[C@]4(C)C3=CC[C@]12C)CO. The van der Waals surface area contributed by atoms with E-state index in [9.17, 15) is 15.0 Å². The number of ketones is 1. The van der Waals surface area contributed by atoms with Gasteiger partial charge in [-0.05, 0) is 85.2 Å². The molecule has 0 aromatic heterocycles. The molecule has 3 nitrogen and oxygen atoms in total. The number of aliphatic hydroxyl groups is 2. The first-order valence-electron chi connectivity index (χ1n) is 13.2. The van der Waals surface area contributed by atoms with Gasteiger partial charge in [-0.15, -0.1) is 0 Å². The molecular weight excluding hydrogens is 408 g/mol. The first-order valence-corrected chi connectivity index (χ1v) is 13.2. The number of aliphatic hydroxyl groups excluding tert-OH is 2. The van der Waals surface area contributed by atoms with Crippen molar-refractivity contribution in [3.05, 3.63) is 34.9 Å². The van der Waals surface area contributed by atoms with Crippen LogP contribution in [-0.2, 0) is 4.79 Å². The van der Waals surface area contributed by atoms with Gasteiger partial charge in [0.25, 0.3) is 0 Å². The predicted molar refractivity (Wildman–Crippen MR) is 135 cm³/mol. The Kier molecular flexibility index (Phi) is 6.19. The summed E-state index contributed by atoms with van der Waals surface area (Å²) in [4.78, 5) is 12.8. The van der Waals surface area contributed by atoms with Crippen LogP contribution in [0, 0.1) is 39.4 Å². The van der Waals surface area contributed by atoms with Crippen molar-refractivity contribution in [2.45, 2.75) is 99.5 Å². The van der Waals surface area contributed by atoms with E-state index in [0.29, 0.717) is 30.0 Å². The van der Waals surface area contributed by atoms with Gasteiger partial charge >= 0.3 is 0 Å². The summed E-state index contributed by atoms with van der Waals surface area (Å²) < 4.78 is 0. The van der Waals surface area contributed by atoms with E-state index in [2.05, 4.69) is 59.8 Å². The summed E-state index contributed by atoms with van der Waals surface area (Å²) in [5.41, 5.74) is 3.38. The Bertz CT molecular complexity index is 908. The van der Waals surface area contributed by atoms with Crippen LogP contribution in [0.2, 0.25) is 0 Å². The van der Waals surface area contributed by atoms with Gasteiger partial charge in [0.05, 0.1) is 12.7 Å². The molecule has 4 aliphatic rings. The molecule has 0 aliphatic heterocycles. The van der Waals surface area contributed by atoms with Gasteiger partial charge in [-0.25, -0.2) is 0 Å². The minimum Gasteiger partial charge on any atom is -0.392 e. The fourth-order valence-electron chi connectivity index (χ4n) is 8.61. The summed E-state index contributed by atoms with van der Waals surface area (Å²) in [6.07, 6.45) is 13.2. The highest BCUT2D eigenvalue weighted by Crippen LogP contribution is 2.71. The van der Waals surface area contributed by atoms with Gasteiger partial charge in [-0.2, -0.15) is 0 Å². The van der Waals surface area contributed by atoms with Gasteiger partial charge in [0.2, 0.25) is 0 Å². The first kappa shape index (κ1) is 24.9. The van der Waals surface area contributed by atoms with Gasteiger partial charge in [0.15, 0.2) is 0 Å². The van der Waals surface area contributed by atoms with Crippen LogP contribution in [0.5, 0.6) is 0 Å². The molecule has 0 bridgehead atoms. The molecule has 0 heterocycles. The molecule has 4 rings (SSSR count). The Hall–Kier alpha value is -1.19. The number of hydrogen-bond donors (Lipinski definition) is 2. The lowest BCUT2D eigenvalue weighted by Gasteiger charge is -2.60. The zero-order valence-electron chi connectivity index (χ0n) is 22.0. The van der Waals surface area contributed by atoms with E-state index in [0.717, 1.165) is 44.1 Å². The fraction of sp³-hybridized carbons (Fsp3) is 0.767. The molecule has 184 valence electrons. The van der Waals surface area contributed by atoms with Crippen LogP contribution >= 0.6 is 0 Å². The molecule has 2 saturated carbocycles. The van der Waals surface area contributed by atoms with Crippen molar-refractivity contribution in [3.63, 3.8) is 0 Å². The second-order valence-corrected chi connectivity index (χ2v) is 13.0. The second kappa shape index (κ2) is 8.19. The van der Waals surface area contributed by atoms with E-state index in [1.807, 2.05) is 6.92 Å². The Morgan fingerprint density at radius 2 is 1.88 bits per heavy atom. The molecule has 0 aromatic rings. The van der Waals surface area contributed by atoms with E-state index in [1.165, 1.54) is 11.1 Å². The zero-order chi connectivity index (χ0) is 24.4. The molecule has 0 spiro atoms. The van der Waals surface area contributed by atoms with Crippen molar-refractivity contribution in [2.24, 2.45) is 39.4 Å². The molecule has 4 aliphatic carbocycles. The maximum atomic E-state index is 12.8. The van der Waals surface area contributed by atoms with Gasteiger partial charge < -0.3 is 10.2 Å². The lowest BCUT2D eigenvalue weighted by molar-refractivity contribution is -0.138. The van der Waals surface area contributed by atoms with E-state index < -0.39 is 0 Å². The zero-order valence-corrected chi connectivity index (χ0v) is 22.0. The van der Waals surface area contributed by atoms with Crippen LogP contribution in [-0.4, -0.2) is 28.7 Å². The van der Waals surface area contributed by atoms with Gasteiger partial charge in [-0.1, -0.05) is 65.3 Å². The fourth-order valence-corrected chi connectivity index (χ4v) is 8.61. The molecule has 0 saturated heterocycles.